The first-order chi connectivity index (χ1) is 23.2. The van der Waals surface area contributed by atoms with E-state index >= 15 is 0 Å². The molecule has 4 aromatic heterocycles. The molecule has 5 aromatic carbocycles. The summed E-state index contributed by atoms with van der Waals surface area (Å²) in [7, 11) is 0. The third kappa shape index (κ3) is 4.86. The Morgan fingerprint density at radius 1 is 0.298 bits per heavy atom. The maximum Gasteiger partial charge on any atom is 0.123 e. The van der Waals surface area contributed by atoms with Crippen LogP contribution >= 0.6 is 0 Å². The van der Waals surface area contributed by atoms with Crippen LogP contribution in [0.1, 0.15) is 0 Å². The Labute approximate surface area is 269 Å². The molecule has 47 heavy (non-hydrogen) atoms. The highest BCUT2D eigenvalue weighted by molar-refractivity contribution is 6.05. The number of rotatable bonds is 4. The Morgan fingerprint density at radius 2 is 0.638 bits per heavy atom. The van der Waals surface area contributed by atoms with Gasteiger partial charge in [0.1, 0.15) is 5.82 Å². The van der Waals surface area contributed by atoms with E-state index < -0.39 is 0 Å². The topological polar surface area (TPSA) is 51.6 Å². The average Bonchev–Trinajstić information content (AvgIpc) is 3.14. The maximum atomic E-state index is 13.6. The van der Waals surface area contributed by atoms with Crippen molar-refractivity contribution in [3.05, 3.63) is 157 Å². The molecule has 0 unspecified atom stereocenters. The fraction of sp³-hybridized carbons (Fsp3) is 0. The summed E-state index contributed by atoms with van der Waals surface area (Å²) in [4.78, 5) is 20.3. The predicted octanol–water partition coefficient (Wildman–Crippen LogP) is 10.7. The molecule has 0 aliphatic carbocycles. The Morgan fingerprint density at radius 3 is 1.06 bits per heavy atom. The van der Waals surface area contributed by atoms with Crippen molar-refractivity contribution in [3.63, 3.8) is 0 Å². The second-order valence-electron chi connectivity index (χ2n) is 11.7. The number of benzene rings is 5. The van der Waals surface area contributed by atoms with Crippen LogP contribution in [0, 0.1) is 5.82 Å². The van der Waals surface area contributed by atoms with Crippen LogP contribution in [-0.2, 0) is 0 Å². The summed E-state index contributed by atoms with van der Waals surface area (Å²) < 4.78 is 13.6. The van der Waals surface area contributed by atoms with E-state index in [4.69, 9.17) is 19.9 Å². The lowest BCUT2D eigenvalue weighted by Gasteiger charge is -2.10. The highest BCUT2D eigenvalue weighted by Crippen LogP contribution is 2.32. The van der Waals surface area contributed by atoms with Crippen molar-refractivity contribution in [3.8, 4) is 45.0 Å². The lowest BCUT2D eigenvalue weighted by molar-refractivity contribution is 0.628. The van der Waals surface area contributed by atoms with Crippen molar-refractivity contribution < 1.29 is 4.39 Å². The molecule has 0 amide bonds. The van der Waals surface area contributed by atoms with Gasteiger partial charge in [-0.25, -0.2) is 24.3 Å². The Hall–Kier alpha value is -6.33. The number of hydrogen-bond donors (Lipinski definition) is 0. The van der Waals surface area contributed by atoms with Crippen molar-refractivity contribution >= 4 is 43.6 Å². The van der Waals surface area contributed by atoms with Crippen molar-refractivity contribution in [2.24, 2.45) is 0 Å². The summed E-state index contributed by atoms with van der Waals surface area (Å²) in [6.45, 7) is 0. The molecule has 0 spiro atoms. The van der Waals surface area contributed by atoms with Crippen molar-refractivity contribution in [1.29, 1.82) is 0 Å². The number of fused-ring (bicyclic) bond motifs is 6. The molecule has 4 nitrogen and oxygen atoms in total. The van der Waals surface area contributed by atoms with Crippen LogP contribution in [0.15, 0.2) is 152 Å². The van der Waals surface area contributed by atoms with Gasteiger partial charge in [-0.2, -0.15) is 0 Å². The summed E-state index contributed by atoms with van der Waals surface area (Å²) in [5.74, 6) is -0.269. The molecule has 4 heterocycles. The van der Waals surface area contributed by atoms with Gasteiger partial charge in [0.15, 0.2) is 0 Å². The van der Waals surface area contributed by atoms with Crippen LogP contribution in [0.3, 0.4) is 0 Å². The molecule has 0 N–H and O–H groups in total. The SMILES string of the molecule is Fc1ccc(-c2ccc3ccc4ccc(-c5cccc(-c6ccc7ccc8ccc(-c9ccccc9)nc8c7n6)c5)nc4c3n2)cc1. The number of aromatic nitrogens is 4. The van der Waals surface area contributed by atoms with Crippen molar-refractivity contribution in [1.82, 2.24) is 19.9 Å². The van der Waals surface area contributed by atoms with E-state index in [0.717, 1.165) is 88.6 Å². The first-order valence-corrected chi connectivity index (χ1v) is 15.5. The number of halogens is 1. The zero-order chi connectivity index (χ0) is 31.3. The van der Waals surface area contributed by atoms with E-state index in [9.17, 15) is 4.39 Å². The molecule has 0 bridgehead atoms. The maximum absolute atomic E-state index is 13.6. The highest BCUT2D eigenvalue weighted by atomic mass is 19.1. The van der Waals surface area contributed by atoms with Crippen LogP contribution in [-0.4, -0.2) is 19.9 Å². The first kappa shape index (κ1) is 27.0. The van der Waals surface area contributed by atoms with Gasteiger partial charge in [-0.05, 0) is 54.6 Å². The summed E-state index contributed by atoms with van der Waals surface area (Å²) in [5, 5.41) is 4.11. The zero-order valence-electron chi connectivity index (χ0n) is 25.1. The molecule has 0 fully saturated rings. The molecule has 9 aromatic rings. The van der Waals surface area contributed by atoms with Gasteiger partial charge in [0.25, 0.3) is 0 Å². The van der Waals surface area contributed by atoms with Crippen LogP contribution < -0.4 is 0 Å². The number of hydrogen-bond acceptors (Lipinski definition) is 4. The quantitative estimate of drug-likeness (QED) is 0.188. The number of nitrogens with zero attached hydrogens (tertiary/aromatic N) is 4. The molecule has 0 atom stereocenters. The van der Waals surface area contributed by atoms with E-state index in [2.05, 4.69) is 84.9 Å². The van der Waals surface area contributed by atoms with Crippen LogP contribution in [0.2, 0.25) is 0 Å². The summed E-state index contributed by atoms with van der Waals surface area (Å²) in [6, 6.07) is 49.8. The molecule has 0 saturated carbocycles. The van der Waals surface area contributed by atoms with Gasteiger partial charge < -0.3 is 0 Å². The van der Waals surface area contributed by atoms with Gasteiger partial charge in [0.05, 0.1) is 44.8 Å². The molecule has 0 aliphatic rings. The fourth-order valence-electron chi connectivity index (χ4n) is 6.25. The smallest absolute Gasteiger partial charge is 0.123 e. The minimum Gasteiger partial charge on any atom is -0.245 e. The lowest BCUT2D eigenvalue weighted by Crippen LogP contribution is -1.92. The van der Waals surface area contributed by atoms with E-state index in [0.29, 0.717) is 0 Å². The van der Waals surface area contributed by atoms with E-state index in [-0.39, 0.29) is 5.82 Å². The van der Waals surface area contributed by atoms with Crippen molar-refractivity contribution in [2.45, 2.75) is 0 Å². The molecule has 0 radical (unpaired) electrons. The van der Waals surface area contributed by atoms with Gasteiger partial charge in [-0.1, -0.05) is 97.1 Å². The molecule has 220 valence electrons. The first-order valence-electron chi connectivity index (χ1n) is 15.5. The van der Waals surface area contributed by atoms with Gasteiger partial charge in [-0.15, -0.1) is 0 Å². The van der Waals surface area contributed by atoms with E-state index in [1.807, 2.05) is 42.5 Å². The zero-order valence-corrected chi connectivity index (χ0v) is 25.1. The third-order valence-electron chi connectivity index (χ3n) is 8.70. The third-order valence-corrected chi connectivity index (χ3v) is 8.70. The van der Waals surface area contributed by atoms with Crippen molar-refractivity contribution in [2.75, 3.05) is 0 Å². The second kappa shape index (κ2) is 10.9. The molecule has 0 saturated heterocycles. The Kier molecular flexibility index (Phi) is 6.28. The summed E-state index contributed by atoms with van der Waals surface area (Å²) >= 11 is 0. The molecule has 5 heteroatoms. The predicted molar refractivity (Wildman–Crippen MR) is 189 cm³/mol. The standard InChI is InChI=1S/C42H25FN4/c43-34-19-13-27(14-20-34)36-22-16-29-10-12-31-18-24-38(47-42(31)40(29)45-36)33-8-4-7-32(25-33)37-23-17-30-11-9-28-15-21-35(26-5-2-1-3-6-26)44-39(28)41(30)46-37/h1-25H. The largest absolute Gasteiger partial charge is 0.245 e. The normalized spacial score (nSPS) is 11.5. The van der Waals surface area contributed by atoms with Gasteiger partial charge >= 0.3 is 0 Å². The fourth-order valence-corrected chi connectivity index (χ4v) is 6.25. The Balaban J connectivity index is 1.14. The van der Waals surface area contributed by atoms with Crippen LogP contribution in [0.5, 0.6) is 0 Å². The van der Waals surface area contributed by atoms with E-state index in [1.165, 1.54) is 12.1 Å². The summed E-state index contributed by atoms with van der Waals surface area (Å²) in [5.41, 5.74) is 10.7. The number of pyridine rings is 4. The monoisotopic (exact) mass is 604 g/mol. The molecule has 9 rings (SSSR count). The van der Waals surface area contributed by atoms with Crippen LogP contribution in [0.25, 0.3) is 88.6 Å². The Bertz CT molecular complexity index is 2630. The van der Waals surface area contributed by atoms with Gasteiger partial charge in [0.2, 0.25) is 0 Å². The van der Waals surface area contributed by atoms with Gasteiger partial charge in [0, 0.05) is 43.8 Å². The lowest BCUT2D eigenvalue weighted by atomic mass is 10.0. The molecule has 0 aliphatic heterocycles. The van der Waals surface area contributed by atoms with E-state index in [1.54, 1.807) is 12.1 Å². The van der Waals surface area contributed by atoms with Crippen LogP contribution in [0.4, 0.5) is 4.39 Å². The molecular weight excluding hydrogens is 579 g/mol. The summed E-state index contributed by atoms with van der Waals surface area (Å²) in [6.07, 6.45) is 0. The minimum atomic E-state index is -0.269. The highest BCUT2D eigenvalue weighted by Gasteiger charge is 2.12. The second-order valence-corrected chi connectivity index (χ2v) is 11.7. The molecular formula is C42H25FN4. The van der Waals surface area contributed by atoms with Gasteiger partial charge in [-0.3, -0.25) is 0 Å². The minimum absolute atomic E-state index is 0.269. The average molecular weight is 605 g/mol.